The molecule has 0 bridgehead atoms. The van der Waals surface area contributed by atoms with E-state index in [4.69, 9.17) is 0 Å². The second-order valence-electron chi connectivity index (χ2n) is 11.1. The molecule has 0 aliphatic carbocycles. The predicted molar refractivity (Wildman–Crippen MR) is 127 cm³/mol. The third kappa shape index (κ3) is 8.59. The fourth-order valence-electron chi connectivity index (χ4n) is 3.91. The summed E-state index contributed by atoms with van der Waals surface area (Å²) in [6.45, 7) is 1.18. The molecule has 22 heteroatoms. The lowest BCUT2D eigenvalue weighted by Crippen LogP contribution is -2.75. The van der Waals surface area contributed by atoms with Gasteiger partial charge >= 0.3 is 47.0 Å². The second kappa shape index (κ2) is 14.4. The summed E-state index contributed by atoms with van der Waals surface area (Å²) in [5, 5.41) is -7.54. The molecule has 0 aromatic rings. The Hall–Kier alpha value is -1.32. The van der Waals surface area contributed by atoms with Crippen molar-refractivity contribution in [3.05, 3.63) is 0 Å². The summed E-state index contributed by atoms with van der Waals surface area (Å²) < 4.78 is 252. The Morgan fingerprint density at radius 2 is 0.822 bits per heavy atom. The van der Waals surface area contributed by atoms with E-state index in [0.717, 1.165) is 44.9 Å². The zero-order valence-electron chi connectivity index (χ0n) is 24.1. The highest BCUT2D eigenvalue weighted by atomic mass is 32.2. The van der Waals surface area contributed by atoms with Crippen LogP contribution in [0.2, 0.25) is 0 Å². The van der Waals surface area contributed by atoms with E-state index < -0.39 is 70.0 Å². The first kappa shape index (κ1) is 43.7. The number of quaternary nitrogens is 1. The van der Waals surface area contributed by atoms with E-state index in [-0.39, 0.29) is 11.0 Å². The molecule has 0 heterocycles. The molecule has 0 aliphatic rings. The topological polar surface area (TPSA) is 46.2 Å². The maximum absolute atomic E-state index is 14.1. The largest absolute Gasteiger partial charge is 0.460 e. The summed E-state index contributed by atoms with van der Waals surface area (Å²) in [6.07, 6.45) is -0.788. The lowest BCUT2D eigenvalue weighted by atomic mass is 9.91. The fraction of sp³-hybridized carbons (Fsp3) is 1.00. The number of rotatable bonds is 21. The highest BCUT2D eigenvalue weighted by Crippen LogP contribution is 2.64. The van der Waals surface area contributed by atoms with Gasteiger partial charge in [-0.1, -0.05) is 45.4 Å². The quantitative estimate of drug-likeness (QED) is 0.0734. The summed E-state index contributed by atoms with van der Waals surface area (Å²) in [4.78, 5) is 0. The van der Waals surface area contributed by atoms with Crippen LogP contribution in [-0.4, -0.2) is 93.6 Å². The van der Waals surface area contributed by atoms with Crippen molar-refractivity contribution in [3.8, 4) is 0 Å². The lowest BCUT2D eigenvalue weighted by Gasteiger charge is -2.42. The van der Waals surface area contributed by atoms with Crippen LogP contribution in [0.3, 0.4) is 0 Å². The Morgan fingerprint density at radius 3 is 1.22 bits per heavy atom. The molecule has 0 unspecified atom stereocenters. The van der Waals surface area contributed by atoms with Gasteiger partial charge in [-0.15, -0.1) is 0 Å². The van der Waals surface area contributed by atoms with Gasteiger partial charge in [0.1, 0.15) is 0 Å². The molecular formula is C23H34F17N2O2S+. The highest BCUT2D eigenvalue weighted by molar-refractivity contribution is 7.90. The van der Waals surface area contributed by atoms with Crippen molar-refractivity contribution in [3.63, 3.8) is 0 Å². The number of halogens is 17. The van der Waals surface area contributed by atoms with Gasteiger partial charge in [-0.05, 0) is 12.8 Å². The molecule has 0 saturated heterocycles. The van der Waals surface area contributed by atoms with Crippen molar-refractivity contribution in [2.24, 2.45) is 0 Å². The first-order valence-electron chi connectivity index (χ1n) is 13.3. The van der Waals surface area contributed by atoms with Gasteiger partial charge in [-0.3, -0.25) is 0 Å². The van der Waals surface area contributed by atoms with E-state index in [9.17, 15) is 83.1 Å². The normalized spacial score (nSPS) is 15.6. The Kier molecular flexibility index (Phi) is 14.0. The summed E-state index contributed by atoms with van der Waals surface area (Å²) in [5.41, 5.74) is 0. The molecule has 0 aliphatic heterocycles. The fourth-order valence-corrected chi connectivity index (χ4v) is 4.97. The van der Waals surface area contributed by atoms with E-state index in [1.165, 1.54) is 0 Å². The first-order valence-corrected chi connectivity index (χ1v) is 14.8. The predicted octanol–water partition coefficient (Wildman–Crippen LogP) is 8.48. The third-order valence-corrected chi connectivity index (χ3v) is 8.40. The smallest absolute Gasteiger partial charge is 0.328 e. The SMILES string of the molecule is CCCCCCCCCC[N+](C)(C)CCCNS(=O)(=O)C(F)(F)C(F)(F)C(F)(F)C(F)(F)C(F)(F)C(F)(F)C(F)(F)C(F)(F)F. The number of alkyl halides is 17. The van der Waals surface area contributed by atoms with Crippen LogP contribution in [0.25, 0.3) is 0 Å². The average Bonchev–Trinajstić information content (AvgIpc) is 2.86. The zero-order chi connectivity index (χ0) is 36.2. The van der Waals surface area contributed by atoms with Crippen molar-refractivity contribution in [1.82, 2.24) is 4.72 Å². The average molecular weight is 726 g/mol. The van der Waals surface area contributed by atoms with Gasteiger partial charge in [-0.25, -0.2) is 13.1 Å². The molecule has 0 fully saturated rings. The molecule has 45 heavy (non-hydrogen) atoms. The highest BCUT2D eigenvalue weighted by Gasteiger charge is 2.96. The molecule has 0 amide bonds. The van der Waals surface area contributed by atoms with Crippen LogP contribution in [0.15, 0.2) is 0 Å². The van der Waals surface area contributed by atoms with E-state index in [0.29, 0.717) is 17.7 Å². The van der Waals surface area contributed by atoms with Gasteiger partial charge in [0, 0.05) is 13.0 Å². The number of nitrogens with one attached hydrogen (secondary N) is 1. The van der Waals surface area contributed by atoms with E-state index in [1.807, 2.05) is 6.92 Å². The van der Waals surface area contributed by atoms with Crippen molar-refractivity contribution in [1.29, 1.82) is 0 Å². The molecule has 0 saturated carbocycles. The van der Waals surface area contributed by atoms with Crippen molar-refractivity contribution < 1.29 is 87.5 Å². The second-order valence-corrected chi connectivity index (χ2v) is 12.9. The minimum absolute atomic E-state index is 0.0655. The first-order chi connectivity index (χ1) is 19.8. The molecule has 272 valence electrons. The van der Waals surface area contributed by atoms with E-state index in [1.54, 1.807) is 14.1 Å². The minimum atomic E-state index is -8.84. The van der Waals surface area contributed by atoms with E-state index >= 15 is 0 Å². The van der Waals surface area contributed by atoms with Gasteiger partial charge in [0.2, 0.25) is 0 Å². The van der Waals surface area contributed by atoms with Gasteiger partial charge in [-0.2, -0.15) is 74.6 Å². The molecule has 0 radical (unpaired) electrons. The van der Waals surface area contributed by atoms with Gasteiger partial charge < -0.3 is 4.48 Å². The summed E-state index contributed by atoms with van der Waals surface area (Å²) in [5.74, 6) is -51.6. The molecule has 0 aromatic carbocycles. The number of unbranched alkanes of at least 4 members (excludes halogenated alkanes) is 7. The maximum Gasteiger partial charge on any atom is 0.460 e. The van der Waals surface area contributed by atoms with Crippen LogP contribution in [-0.2, 0) is 10.0 Å². The Balaban J connectivity index is 5.72. The molecule has 0 atom stereocenters. The van der Waals surface area contributed by atoms with Gasteiger partial charge in [0.25, 0.3) is 10.0 Å². The Labute approximate surface area is 248 Å². The van der Waals surface area contributed by atoms with Crippen molar-refractivity contribution >= 4 is 10.0 Å². The van der Waals surface area contributed by atoms with Crippen LogP contribution in [0.5, 0.6) is 0 Å². The molecule has 0 aromatic heterocycles. The third-order valence-electron chi connectivity index (χ3n) is 6.88. The number of hydrogen-bond donors (Lipinski definition) is 1. The van der Waals surface area contributed by atoms with Crippen LogP contribution >= 0.6 is 0 Å². The number of nitrogens with zero attached hydrogens (tertiary/aromatic N) is 1. The molecule has 1 N–H and O–H groups in total. The lowest BCUT2D eigenvalue weighted by molar-refractivity contribution is -0.890. The van der Waals surface area contributed by atoms with Crippen LogP contribution in [0, 0.1) is 0 Å². The van der Waals surface area contributed by atoms with Gasteiger partial charge in [0.05, 0.1) is 27.2 Å². The number of sulfonamides is 1. The molecular weight excluding hydrogens is 691 g/mol. The van der Waals surface area contributed by atoms with Crippen LogP contribution in [0.4, 0.5) is 74.6 Å². The van der Waals surface area contributed by atoms with Crippen LogP contribution < -0.4 is 4.72 Å². The van der Waals surface area contributed by atoms with E-state index in [2.05, 4.69) is 0 Å². The molecule has 0 rings (SSSR count). The molecule has 0 spiro atoms. The molecule has 4 nitrogen and oxygen atoms in total. The summed E-state index contributed by atoms with van der Waals surface area (Å²) >= 11 is 0. The monoisotopic (exact) mass is 725 g/mol. The Bertz CT molecular complexity index is 1040. The standard InChI is InChI=1S/C23H34F17N2O2S/c1-4-5-6-7-8-9-10-11-14-42(2,3)15-12-13-41-45(43,44)23(39,40)21(34,35)19(30,31)17(26,27)16(24,25)18(28,29)20(32,33)22(36,37)38/h41H,4-15H2,1-3H3/q+1. The van der Waals surface area contributed by atoms with Crippen molar-refractivity contribution in [2.75, 3.05) is 33.7 Å². The van der Waals surface area contributed by atoms with Crippen molar-refractivity contribution in [2.45, 2.75) is 112 Å². The summed E-state index contributed by atoms with van der Waals surface area (Å²) in [7, 11) is -4.09. The maximum atomic E-state index is 14.1. The summed E-state index contributed by atoms with van der Waals surface area (Å²) in [6, 6.07) is 0. The minimum Gasteiger partial charge on any atom is -0.328 e. The Morgan fingerprint density at radius 1 is 0.489 bits per heavy atom. The number of hydrogen-bond acceptors (Lipinski definition) is 2. The van der Waals surface area contributed by atoms with Gasteiger partial charge in [0.15, 0.2) is 0 Å². The zero-order valence-corrected chi connectivity index (χ0v) is 24.9. The van der Waals surface area contributed by atoms with Crippen LogP contribution in [0.1, 0.15) is 64.7 Å².